The van der Waals surface area contributed by atoms with Gasteiger partial charge in [-0.15, -0.1) is 0 Å². The molecule has 0 bridgehead atoms. The minimum absolute atomic E-state index is 0.171. The molecule has 2 heteroatoms. The zero-order valence-corrected chi connectivity index (χ0v) is 32.2. The Morgan fingerprint density at radius 3 is 1.60 bits per heavy atom. The smallest absolute Gasteiger partial charge is 0.0541 e. The van der Waals surface area contributed by atoms with Crippen LogP contribution in [0.2, 0.25) is 0 Å². The van der Waals surface area contributed by atoms with Crippen LogP contribution in [0, 0.1) is 27.7 Å². The Kier molecular flexibility index (Phi) is 7.61. The highest BCUT2D eigenvalue weighted by Crippen LogP contribution is 2.44. The summed E-state index contributed by atoms with van der Waals surface area (Å²) in [7, 11) is 0. The number of benzene rings is 7. The highest BCUT2D eigenvalue weighted by molar-refractivity contribution is 6.10. The first-order valence-corrected chi connectivity index (χ1v) is 19.5. The van der Waals surface area contributed by atoms with Crippen molar-refractivity contribution in [3.63, 3.8) is 0 Å². The van der Waals surface area contributed by atoms with Crippen molar-refractivity contribution in [2.45, 2.75) is 46.5 Å². The van der Waals surface area contributed by atoms with Gasteiger partial charge in [-0.1, -0.05) is 132 Å². The van der Waals surface area contributed by atoms with Crippen LogP contribution >= 0.6 is 0 Å². The maximum Gasteiger partial charge on any atom is 0.0541 e. The second-order valence-electron chi connectivity index (χ2n) is 16.1. The number of allylic oxidation sites excluding steroid dienone is 1. The summed E-state index contributed by atoms with van der Waals surface area (Å²) in [6.45, 7) is 11.2. The minimum Gasteiger partial charge on any atom is -0.310 e. The van der Waals surface area contributed by atoms with Crippen LogP contribution in [-0.4, -0.2) is 9.13 Å². The van der Waals surface area contributed by atoms with Gasteiger partial charge in [0.2, 0.25) is 0 Å². The molecular formula is C53H44N2. The van der Waals surface area contributed by atoms with Gasteiger partial charge in [-0.2, -0.15) is 0 Å². The van der Waals surface area contributed by atoms with Crippen molar-refractivity contribution in [3.05, 3.63) is 197 Å². The molecule has 0 aliphatic heterocycles. The lowest BCUT2D eigenvalue weighted by Gasteiger charge is -2.30. The third kappa shape index (κ3) is 5.55. The Bertz CT molecular complexity index is 2900. The quantitative estimate of drug-likeness (QED) is 0.168. The molecule has 0 fully saturated rings. The van der Waals surface area contributed by atoms with E-state index in [0.717, 1.165) is 6.42 Å². The van der Waals surface area contributed by atoms with E-state index in [2.05, 4.69) is 208 Å². The fourth-order valence-electron chi connectivity index (χ4n) is 9.39. The van der Waals surface area contributed by atoms with Crippen LogP contribution in [-0.2, 0) is 11.8 Å². The first kappa shape index (κ1) is 33.2. The number of rotatable bonds is 5. The van der Waals surface area contributed by atoms with E-state index in [4.69, 9.17) is 0 Å². The number of aryl methyl sites for hydroxylation is 4. The van der Waals surface area contributed by atoms with Gasteiger partial charge in [-0.3, -0.25) is 0 Å². The van der Waals surface area contributed by atoms with Gasteiger partial charge in [0.1, 0.15) is 0 Å². The van der Waals surface area contributed by atoms with Crippen molar-refractivity contribution in [1.29, 1.82) is 0 Å². The van der Waals surface area contributed by atoms with Crippen LogP contribution in [0.3, 0.4) is 0 Å². The fraction of sp³-hybridized carbons (Fsp3) is 0.132. The monoisotopic (exact) mass is 708 g/mol. The maximum absolute atomic E-state index is 2.48. The molecule has 0 amide bonds. The summed E-state index contributed by atoms with van der Waals surface area (Å²) in [4.78, 5) is 0. The van der Waals surface area contributed by atoms with E-state index in [1.54, 1.807) is 0 Å². The molecule has 1 unspecified atom stereocenters. The molecule has 9 aromatic rings. The highest BCUT2D eigenvalue weighted by Gasteiger charge is 2.32. The van der Waals surface area contributed by atoms with E-state index in [9.17, 15) is 0 Å². The average molecular weight is 709 g/mol. The van der Waals surface area contributed by atoms with Gasteiger partial charge < -0.3 is 9.13 Å². The Labute approximate surface area is 323 Å². The molecule has 0 radical (unpaired) electrons. The van der Waals surface area contributed by atoms with E-state index in [0.29, 0.717) is 0 Å². The minimum atomic E-state index is -0.171. The molecule has 7 aromatic carbocycles. The number of hydrogen-bond acceptors (Lipinski definition) is 0. The fourth-order valence-corrected chi connectivity index (χ4v) is 9.39. The molecule has 0 saturated heterocycles. The lowest BCUT2D eigenvalue weighted by molar-refractivity contribution is 0.589. The lowest BCUT2D eigenvalue weighted by atomic mass is 9.73. The molecule has 2 aromatic heterocycles. The van der Waals surface area contributed by atoms with Gasteiger partial charge in [0.05, 0.1) is 16.6 Å². The lowest BCUT2D eigenvalue weighted by Crippen LogP contribution is -2.25. The largest absolute Gasteiger partial charge is 0.310 e. The van der Waals surface area contributed by atoms with Crippen molar-refractivity contribution in [2.75, 3.05) is 0 Å². The zero-order valence-electron chi connectivity index (χ0n) is 32.2. The van der Waals surface area contributed by atoms with Crippen molar-refractivity contribution in [3.8, 4) is 33.6 Å². The average Bonchev–Trinajstić information content (AvgIpc) is 3.69. The van der Waals surface area contributed by atoms with Gasteiger partial charge in [0, 0.05) is 38.6 Å². The molecule has 2 nitrogen and oxygen atoms in total. The highest BCUT2D eigenvalue weighted by atomic mass is 15.0. The van der Waals surface area contributed by atoms with Crippen molar-refractivity contribution < 1.29 is 0 Å². The Morgan fingerprint density at radius 2 is 0.964 bits per heavy atom. The van der Waals surface area contributed by atoms with Gasteiger partial charge in [-0.05, 0) is 128 Å². The van der Waals surface area contributed by atoms with E-state index in [-0.39, 0.29) is 5.41 Å². The summed E-state index contributed by atoms with van der Waals surface area (Å²) in [5.41, 5.74) is 20.0. The van der Waals surface area contributed by atoms with E-state index in [1.807, 2.05) is 0 Å². The van der Waals surface area contributed by atoms with Gasteiger partial charge in [0.25, 0.3) is 0 Å². The van der Waals surface area contributed by atoms with Gasteiger partial charge in [0.15, 0.2) is 0 Å². The zero-order chi connectivity index (χ0) is 37.4. The standard InChI is InChI=1S/C53H44N2/c1-34-23-35(2)26-38(25-34)40-29-41(39-27-36(3)24-37(4)28-39)31-44(30-40)55-49-17-11-9-15-45(49)47-32-42(19-20-51(47)55)53(5)22-21-52-48(33-53)46-16-10-12-18-50(46)54(52)43-13-7-6-8-14-43/h6-32H,33H2,1-5H3. The van der Waals surface area contributed by atoms with E-state index >= 15 is 0 Å². The summed E-state index contributed by atoms with van der Waals surface area (Å²) in [5, 5.41) is 3.89. The van der Waals surface area contributed by atoms with Crippen LogP contribution in [0.4, 0.5) is 0 Å². The summed E-state index contributed by atoms with van der Waals surface area (Å²) in [6.07, 6.45) is 5.74. The topological polar surface area (TPSA) is 9.86 Å². The van der Waals surface area contributed by atoms with Crippen LogP contribution in [0.5, 0.6) is 0 Å². The molecule has 1 atom stereocenters. The third-order valence-corrected chi connectivity index (χ3v) is 11.8. The van der Waals surface area contributed by atoms with Crippen molar-refractivity contribution in [1.82, 2.24) is 9.13 Å². The molecule has 0 spiro atoms. The summed E-state index contributed by atoms with van der Waals surface area (Å²) in [6, 6.07) is 56.7. The number of para-hydroxylation sites is 3. The van der Waals surface area contributed by atoms with Crippen LogP contribution in [0.25, 0.3) is 72.4 Å². The molecule has 55 heavy (non-hydrogen) atoms. The number of fused-ring (bicyclic) bond motifs is 6. The van der Waals surface area contributed by atoms with E-state index < -0.39 is 0 Å². The number of hydrogen-bond donors (Lipinski definition) is 0. The Morgan fingerprint density at radius 1 is 0.436 bits per heavy atom. The Balaban J connectivity index is 1.15. The third-order valence-electron chi connectivity index (χ3n) is 11.8. The first-order valence-electron chi connectivity index (χ1n) is 19.5. The molecule has 1 aliphatic rings. The molecule has 1 aliphatic carbocycles. The second-order valence-corrected chi connectivity index (χ2v) is 16.1. The van der Waals surface area contributed by atoms with Crippen LogP contribution in [0.1, 0.15) is 46.0 Å². The summed E-state index contributed by atoms with van der Waals surface area (Å²) in [5.74, 6) is 0. The van der Waals surface area contributed by atoms with Crippen LogP contribution in [0.15, 0.2) is 158 Å². The van der Waals surface area contributed by atoms with Crippen molar-refractivity contribution >= 4 is 38.8 Å². The molecule has 10 rings (SSSR count). The second kappa shape index (κ2) is 12.6. The molecule has 2 heterocycles. The predicted octanol–water partition coefficient (Wildman–Crippen LogP) is 13.8. The number of nitrogens with zero attached hydrogens (tertiary/aromatic N) is 2. The van der Waals surface area contributed by atoms with Crippen molar-refractivity contribution in [2.24, 2.45) is 0 Å². The molecular weight excluding hydrogens is 665 g/mol. The van der Waals surface area contributed by atoms with Gasteiger partial charge in [-0.25, -0.2) is 0 Å². The maximum atomic E-state index is 2.48. The first-order chi connectivity index (χ1) is 26.7. The SMILES string of the molecule is Cc1cc(C)cc(-c2cc(-c3cc(C)cc(C)c3)cc(-n3c4ccccc4c4cc(C5(C)C=Cc6c(c7ccccc7n6-c6ccccc6)C5)ccc43)c2)c1. The van der Waals surface area contributed by atoms with Crippen LogP contribution < -0.4 is 0 Å². The predicted molar refractivity (Wildman–Crippen MR) is 234 cm³/mol. The molecule has 266 valence electrons. The number of aromatic nitrogens is 2. The normalized spacial score (nSPS) is 15.3. The molecule has 0 N–H and O–H groups in total. The summed E-state index contributed by atoms with van der Waals surface area (Å²) < 4.78 is 4.91. The summed E-state index contributed by atoms with van der Waals surface area (Å²) >= 11 is 0. The van der Waals surface area contributed by atoms with E-state index in [1.165, 1.54) is 105 Å². The Hall–Kier alpha value is -6.38. The van der Waals surface area contributed by atoms with Gasteiger partial charge >= 0.3 is 0 Å². The molecule has 0 saturated carbocycles.